The first-order chi connectivity index (χ1) is 11.8. The number of nitro benzene ring substituents is 1. The van der Waals surface area contributed by atoms with Crippen molar-refractivity contribution >= 4 is 17.3 Å². The van der Waals surface area contributed by atoms with Crippen LogP contribution in [0.2, 0.25) is 0 Å². The van der Waals surface area contributed by atoms with E-state index >= 15 is 0 Å². The van der Waals surface area contributed by atoms with Crippen LogP contribution < -0.4 is 14.8 Å². The lowest BCUT2D eigenvalue weighted by atomic mass is 10.1. The molecule has 0 aliphatic heterocycles. The molecule has 9 heteroatoms. The van der Waals surface area contributed by atoms with Gasteiger partial charge in [0, 0.05) is 17.3 Å². The van der Waals surface area contributed by atoms with E-state index in [-0.39, 0.29) is 22.7 Å². The highest BCUT2D eigenvalue weighted by Gasteiger charge is 2.21. The summed E-state index contributed by atoms with van der Waals surface area (Å²) in [5.74, 6) is -1.23. The summed E-state index contributed by atoms with van der Waals surface area (Å²) in [7, 11) is 1.25. The van der Waals surface area contributed by atoms with Crippen LogP contribution in [0.15, 0.2) is 36.4 Å². The molecule has 1 amide bonds. The van der Waals surface area contributed by atoms with Gasteiger partial charge in [0.15, 0.2) is 11.5 Å². The summed E-state index contributed by atoms with van der Waals surface area (Å²) in [6.07, 6.45) is 0. The number of nitrogens with zero attached hydrogens (tertiary/aromatic N) is 1. The Morgan fingerprint density at radius 1 is 1.28 bits per heavy atom. The van der Waals surface area contributed by atoms with Crippen LogP contribution in [0.4, 0.5) is 20.2 Å². The summed E-state index contributed by atoms with van der Waals surface area (Å²) in [5, 5.41) is 13.4. The molecule has 0 radical (unpaired) electrons. The number of benzene rings is 2. The zero-order valence-electron chi connectivity index (χ0n) is 13.3. The average molecular weight is 352 g/mol. The maximum absolute atomic E-state index is 12.6. The number of methoxy groups -OCH3 is 1. The number of nitro groups is 1. The standard InChI is InChI=1S/C16H14F2N2O5/c1-9-6-7-10(8-12(9)20(22)23)19-15(21)11-4-3-5-13(24-2)14(11)25-16(17)18/h3-8,16H,1-2H3,(H,19,21). The van der Waals surface area contributed by atoms with Crippen molar-refractivity contribution in [1.29, 1.82) is 0 Å². The van der Waals surface area contributed by atoms with E-state index in [9.17, 15) is 23.7 Å². The van der Waals surface area contributed by atoms with Gasteiger partial charge in [0.05, 0.1) is 17.6 Å². The van der Waals surface area contributed by atoms with Crippen molar-refractivity contribution in [2.75, 3.05) is 12.4 Å². The Morgan fingerprint density at radius 2 is 2.00 bits per heavy atom. The lowest BCUT2D eigenvalue weighted by Crippen LogP contribution is -2.15. The van der Waals surface area contributed by atoms with E-state index in [0.717, 1.165) is 0 Å². The van der Waals surface area contributed by atoms with Crippen LogP contribution in [0.25, 0.3) is 0 Å². The Morgan fingerprint density at radius 3 is 2.60 bits per heavy atom. The number of hydrogen-bond acceptors (Lipinski definition) is 5. The lowest BCUT2D eigenvalue weighted by Gasteiger charge is -2.14. The SMILES string of the molecule is COc1cccc(C(=O)Nc2ccc(C)c([N+](=O)[O-])c2)c1OC(F)F. The number of amides is 1. The molecular weight excluding hydrogens is 338 g/mol. The van der Waals surface area contributed by atoms with E-state index in [1.165, 1.54) is 43.5 Å². The second-order valence-corrected chi connectivity index (χ2v) is 4.93. The number of ether oxygens (including phenoxy) is 2. The van der Waals surface area contributed by atoms with Gasteiger partial charge >= 0.3 is 6.61 Å². The summed E-state index contributed by atoms with van der Waals surface area (Å²) in [6.45, 7) is -1.59. The number of carbonyl (C=O) groups excluding carboxylic acids is 1. The Hall–Kier alpha value is -3.23. The Balaban J connectivity index is 2.35. The van der Waals surface area contributed by atoms with Crippen molar-refractivity contribution < 1.29 is 28.0 Å². The summed E-state index contributed by atoms with van der Waals surface area (Å²) in [5.41, 5.74) is 0.203. The van der Waals surface area contributed by atoms with Crippen LogP contribution in [0.5, 0.6) is 11.5 Å². The number of hydrogen-bond donors (Lipinski definition) is 1. The molecule has 2 aromatic carbocycles. The quantitative estimate of drug-likeness (QED) is 0.631. The Labute approximate surface area is 141 Å². The highest BCUT2D eigenvalue weighted by molar-refractivity contribution is 6.06. The summed E-state index contributed by atoms with van der Waals surface area (Å²) in [6, 6.07) is 8.19. The number of aryl methyl sites for hydroxylation is 1. The third-order valence-corrected chi connectivity index (χ3v) is 3.31. The number of halogens is 2. The van der Waals surface area contributed by atoms with Crippen molar-refractivity contribution in [3.05, 3.63) is 57.6 Å². The highest BCUT2D eigenvalue weighted by Crippen LogP contribution is 2.33. The van der Waals surface area contributed by atoms with Crippen molar-refractivity contribution in [2.45, 2.75) is 13.5 Å². The van der Waals surface area contributed by atoms with Crippen molar-refractivity contribution in [1.82, 2.24) is 0 Å². The molecule has 0 saturated carbocycles. The number of anilines is 1. The van der Waals surface area contributed by atoms with E-state index in [2.05, 4.69) is 10.1 Å². The molecule has 0 aliphatic carbocycles. The molecule has 1 N–H and O–H groups in total. The monoisotopic (exact) mass is 352 g/mol. The van der Waals surface area contributed by atoms with Crippen LogP contribution in [-0.4, -0.2) is 24.6 Å². The fourth-order valence-electron chi connectivity index (χ4n) is 2.15. The first-order valence-corrected chi connectivity index (χ1v) is 7.01. The molecule has 0 atom stereocenters. The van der Waals surface area contributed by atoms with Gasteiger partial charge in [-0.25, -0.2) is 0 Å². The normalized spacial score (nSPS) is 10.4. The first kappa shape index (κ1) is 18.1. The molecule has 0 fully saturated rings. The van der Waals surface area contributed by atoms with Crippen LogP contribution in [-0.2, 0) is 0 Å². The summed E-state index contributed by atoms with van der Waals surface area (Å²) in [4.78, 5) is 22.8. The van der Waals surface area contributed by atoms with Gasteiger partial charge in [-0.05, 0) is 25.1 Å². The van der Waals surface area contributed by atoms with Crippen molar-refractivity contribution in [3.8, 4) is 11.5 Å². The number of carbonyl (C=O) groups is 1. The highest BCUT2D eigenvalue weighted by atomic mass is 19.3. The van der Waals surface area contributed by atoms with Gasteiger partial charge in [-0.2, -0.15) is 8.78 Å². The van der Waals surface area contributed by atoms with E-state index in [4.69, 9.17) is 4.74 Å². The van der Waals surface area contributed by atoms with Crippen LogP contribution in [0, 0.1) is 17.0 Å². The van der Waals surface area contributed by atoms with Gasteiger partial charge < -0.3 is 14.8 Å². The number of rotatable bonds is 6. The molecule has 0 bridgehead atoms. The molecule has 0 heterocycles. The number of alkyl halides is 2. The molecule has 7 nitrogen and oxygen atoms in total. The first-order valence-electron chi connectivity index (χ1n) is 7.01. The van der Waals surface area contributed by atoms with Crippen molar-refractivity contribution in [3.63, 3.8) is 0 Å². The van der Waals surface area contributed by atoms with Gasteiger partial charge in [-0.1, -0.05) is 12.1 Å². The van der Waals surface area contributed by atoms with Gasteiger partial charge in [0.2, 0.25) is 0 Å². The Bertz CT molecular complexity index is 811. The molecular formula is C16H14F2N2O5. The lowest BCUT2D eigenvalue weighted by molar-refractivity contribution is -0.385. The topological polar surface area (TPSA) is 90.7 Å². The average Bonchev–Trinajstić information content (AvgIpc) is 2.55. The molecule has 0 aromatic heterocycles. The second kappa shape index (κ2) is 7.56. The minimum atomic E-state index is -3.15. The van der Waals surface area contributed by atoms with Crippen molar-refractivity contribution in [2.24, 2.45) is 0 Å². The third-order valence-electron chi connectivity index (χ3n) is 3.31. The van der Waals surface area contributed by atoms with Crippen LogP contribution in [0.1, 0.15) is 15.9 Å². The molecule has 2 aromatic rings. The molecule has 25 heavy (non-hydrogen) atoms. The van der Waals surface area contributed by atoms with E-state index in [1.807, 2.05) is 0 Å². The fourth-order valence-corrected chi connectivity index (χ4v) is 2.15. The Kier molecular flexibility index (Phi) is 5.48. The number of para-hydroxylation sites is 1. The third kappa shape index (κ3) is 4.19. The molecule has 0 unspecified atom stereocenters. The van der Waals surface area contributed by atoms with Gasteiger partial charge in [0.25, 0.3) is 11.6 Å². The summed E-state index contributed by atoms with van der Waals surface area (Å²) >= 11 is 0. The van der Waals surface area contributed by atoms with Gasteiger partial charge in [-0.15, -0.1) is 0 Å². The maximum Gasteiger partial charge on any atom is 0.387 e. The maximum atomic E-state index is 12.6. The van der Waals surface area contributed by atoms with Crippen LogP contribution >= 0.6 is 0 Å². The van der Waals surface area contributed by atoms with Gasteiger partial charge in [0.1, 0.15) is 0 Å². The zero-order valence-corrected chi connectivity index (χ0v) is 13.3. The minimum Gasteiger partial charge on any atom is -0.493 e. The fraction of sp³-hybridized carbons (Fsp3) is 0.188. The van der Waals surface area contributed by atoms with Gasteiger partial charge in [-0.3, -0.25) is 14.9 Å². The van der Waals surface area contributed by atoms with E-state index in [1.54, 1.807) is 6.92 Å². The van der Waals surface area contributed by atoms with E-state index < -0.39 is 23.2 Å². The smallest absolute Gasteiger partial charge is 0.387 e. The molecule has 0 aliphatic rings. The predicted molar refractivity (Wildman–Crippen MR) is 85.4 cm³/mol. The largest absolute Gasteiger partial charge is 0.493 e. The van der Waals surface area contributed by atoms with E-state index in [0.29, 0.717) is 5.56 Å². The summed E-state index contributed by atoms with van der Waals surface area (Å²) < 4.78 is 34.5. The zero-order chi connectivity index (χ0) is 18.6. The molecule has 0 saturated heterocycles. The predicted octanol–water partition coefficient (Wildman–Crippen LogP) is 3.77. The molecule has 0 spiro atoms. The molecule has 132 valence electrons. The molecule has 2 rings (SSSR count). The van der Waals surface area contributed by atoms with Crippen LogP contribution in [0.3, 0.4) is 0 Å². The minimum absolute atomic E-state index is 0.0390. The number of nitrogens with one attached hydrogen (secondary N) is 1. The second-order valence-electron chi connectivity index (χ2n) is 4.93.